The number of hydrogen-bond acceptors (Lipinski definition) is 1. The first-order chi connectivity index (χ1) is 10.7. The Balaban J connectivity index is 0. The highest BCUT2D eigenvalue weighted by molar-refractivity contribution is 4.50. The smallest absolute Gasteiger partial charge is 0.0431 e. The van der Waals surface area contributed by atoms with Crippen molar-refractivity contribution in [2.75, 3.05) is 6.61 Å². The largest absolute Gasteiger partial charge is 0.396 e. The predicted molar refractivity (Wildman–Crippen MR) is 102 cm³/mol. The first-order valence-electron chi connectivity index (χ1n) is 10.0. The second-order valence-corrected chi connectivity index (χ2v) is 7.08. The molecule has 1 N–H and O–H groups in total. The molecule has 0 atom stereocenters. The number of aliphatic hydroxyl groups is 1. The highest BCUT2D eigenvalue weighted by Crippen LogP contribution is 2.14. The van der Waals surface area contributed by atoms with Crippen molar-refractivity contribution in [3.05, 3.63) is 6.42 Å². The van der Waals surface area contributed by atoms with Gasteiger partial charge >= 0.3 is 0 Å². The van der Waals surface area contributed by atoms with Gasteiger partial charge in [0.2, 0.25) is 0 Å². The van der Waals surface area contributed by atoms with Crippen LogP contribution in [-0.4, -0.2) is 11.7 Å². The molecule has 0 rings (SSSR count). The molecule has 0 fully saturated rings. The maximum absolute atomic E-state index is 8.67. The topological polar surface area (TPSA) is 20.2 Å². The second-order valence-electron chi connectivity index (χ2n) is 7.08. The van der Waals surface area contributed by atoms with Crippen LogP contribution in [0.15, 0.2) is 0 Å². The van der Waals surface area contributed by atoms with Gasteiger partial charge in [-0.25, -0.2) is 0 Å². The Hall–Kier alpha value is -0.0400. The van der Waals surface area contributed by atoms with Crippen LogP contribution in [0, 0.1) is 12.3 Å². The number of rotatable bonds is 15. The summed E-state index contributed by atoms with van der Waals surface area (Å²) in [5.41, 5.74) is 0. The van der Waals surface area contributed by atoms with Gasteiger partial charge in [0.15, 0.2) is 0 Å². The maximum atomic E-state index is 8.67. The van der Waals surface area contributed by atoms with Crippen LogP contribution >= 0.6 is 0 Å². The maximum Gasteiger partial charge on any atom is 0.0431 e. The number of aliphatic hydroxyl groups excluding tert-OH is 1. The SMILES string of the molecule is CC(C)CCCCCCCCCCCCCCCO.C[CH]C. The van der Waals surface area contributed by atoms with E-state index in [1.54, 1.807) is 0 Å². The number of unbranched alkanes of at least 4 members (excludes halogenated alkanes) is 12. The van der Waals surface area contributed by atoms with Gasteiger partial charge in [-0.1, -0.05) is 111 Å². The van der Waals surface area contributed by atoms with E-state index in [1.807, 2.05) is 20.3 Å². The summed E-state index contributed by atoms with van der Waals surface area (Å²) in [5.74, 6) is 0.886. The lowest BCUT2D eigenvalue weighted by Gasteiger charge is -2.04. The molecule has 1 nitrogen and oxygen atoms in total. The monoisotopic (exact) mass is 313 g/mol. The predicted octanol–water partition coefficient (Wildman–Crippen LogP) is 7.33. The third kappa shape index (κ3) is 28.2. The zero-order valence-electron chi connectivity index (χ0n) is 16.2. The van der Waals surface area contributed by atoms with Crippen LogP contribution in [0.25, 0.3) is 0 Å². The molecule has 0 saturated carbocycles. The molecular weight excluding hydrogens is 268 g/mol. The fraction of sp³-hybridized carbons (Fsp3) is 0.952. The van der Waals surface area contributed by atoms with E-state index in [-0.39, 0.29) is 0 Å². The van der Waals surface area contributed by atoms with Gasteiger partial charge in [-0.2, -0.15) is 0 Å². The molecule has 22 heavy (non-hydrogen) atoms. The highest BCUT2D eigenvalue weighted by Gasteiger charge is 1.95. The molecule has 0 aromatic rings. The highest BCUT2D eigenvalue weighted by atomic mass is 16.2. The second kappa shape index (κ2) is 23.2. The van der Waals surface area contributed by atoms with Gasteiger partial charge in [-0.3, -0.25) is 0 Å². The molecule has 1 heteroatoms. The van der Waals surface area contributed by atoms with Crippen molar-refractivity contribution in [2.45, 2.75) is 118 Å². The number of hydrogen-bond donors (Lipinski definition) is 1. The minimum Gasteiger partial charge on any atom is -0.396 e. The molecule has 0 aromatic heterocycles. The first-order valence-corrected chi connectivity index (χ1v) is 10.0. The van der Waals surface area contributed by atoms with Gasteiger partial charge in [-0.15, -0.1) is 0 Å². The van der Waals surface area contributed by atoms with Gasteiger partial charge in [0.1, 0.15) is 0 Å². The third-order valence-electron chi connectivity index (χ3n) is 3.94. The van der Waals surface area contributed by atoms with Crippen molar-refractivity contribution in [3.8, 4) is 0 Å². The van der Waals surface area contributed by atoms with Crippen molar-refractivity contribution in [3.63, 3.8) is 0 Å². The third-order valence-corrected chi connectivity index (χ3v) is 3.94. The Bertz CT molecular complexity index is 165. The standard InChI is InChI=1S/C18H38O.C3H7/c1-18(2)16-14-12-10-8-6-4-3-5-7-9-11-13-15-17-19;1-3-2/h18-19H,3-17H2,1-2H3;3H,1-2H3. The van der Waals surface area contributed by atoms with Crippen molar-refractivity contribution in [2.24, 2.45) is 5.92 Å². The van der Waals surface area contributed by atoms with Crippen LogP contribution in [0.4, 0.5) is 0 Å². The van der Waals surface area contributed by atoms with Crippen LogP contribution in [0.1, 0.15) is 118 Å². The normalized spacial score (nSPS) is 10.6. The van der Waals surface area contributed by atoms with Crippen LogP contribution in [0.5, 0.6) is 0 Å². The average Bonchev–Trinajstić information content (AvgIpc) is 2.48. The van der Waals surface area contributed by atoms with E-state index < -0.39 is 0 Å². The van der Waals surface area contributed by atoms with E-state index in [1.165, 1.54) is 83.5 Å². The van der Waals surface area contributed by atoms with Gasteiger partial charge in [-0.05, 0) is 18.8 Å². The molecule has 0 aliphatic carbocycles. The molecule has 0 spiro atoms. The Morgan fingerprint density at radius 2 is 0.864 bits per heavy atom. The molecule has 0 saturated heterocycles. The quantitative estimate of drug-likeness (QED) is 0.314. The molecule has 0 bridgehead atoms. The van der Waals surface area contributed by atoms with Crippen molar-refractivity contribution >= 4 is 0 Å². The molecule has 1 radical (unpaired) electrons. The van der Waals surface area contributed by atoms with E-state index in [0.717, 1.165) is 12.3 Å². The summed E-state index contributed by atoms with van der Waals surface area (Å²) in [7, 11) is 0. The molecule has 0 aliphatic heterocycles. The van der Waals surface area contributed by atoms with Crippen molar-refractivity contribution in [1.82, 2.24) is 0 Å². The molecule has 0 aliphatic rings. The first kappa shape index (κ1) is 24.2. The lowest BCUT2D eigenvalue weighted by molar-refractivity contribution is 0.282. The van der Waals surface area contributed by atoms with E-state index in [0.29, 0.717) is 6.61 Å². The summed E-state index contributed by atoms with van der Waals surface area (Å²) in [6, 6.07) is 0. The van der Waals surface area contributed by atoms with Crippen LogP contribution in [0.2, 0.25) is 0 Å². The lowest BCUT2D eigenvalue weighted by atomic mass is 10.0. The summed E-state index contributed by atoms with van der Waals surface area (Å²) in [6.07, 6.45) is 21.3. The molecule has 0 heterocycles. The van der Waals surface area contributed by atoms with Crippen molar-refractivity contribution < 1.29 is 5.11 Å². The average molecular weight is 314 g/mol. The zero-order chi connectivity index (χ0) is 16.9. The zero-order valence-corrected chi connectivity index (χ0v) is 16.2. The molecule has 135 valence electrons. The Labute approximate surface area is 142 Å². The van der Waals surface area contributed by atoms with Crippen LogP contribution in [-0.2, 0) is 0 Å². The van der Waals surface area contributed by atoms with Gasteiger partial charge in [0.05, 0.1) is 0 Å². The molecule has 0 unspecified atom stereocenters. The summed E-state index contributed by atoms with van der Waals surface area (Å²) >= 11 is 0. The molecular formula is C21H45O. The Kier molecular flexibility index (Phi) is 25.6. The molecule has 0 amide bonds. The Morgan fingerprint density at radius 1 is 0.591 bits per heavy atom. The lowest BCUT2D eigenvalue weighted by Crippen LogP contribution is -1.87. The minimum atomic E-state index is 0.372. The van der Waals surface area contributed by atoms with E-state index in [2.05, 4.69) is 13.8 Å². The summed E-state index contributed by atoms with van der Waals surface area (Å²) in [6.45, 7) is 9.02. The van der Waals surface area contributed by atoms with Crippen LogP contribution in [0.3, 0.4) is 0 Å². The minimum absolute atomic E-state index is 0.372. The van der Waals surface area contributed by atoms with E-state index in [9.17, 15) is 0 Å². The fourth-order valence-corrected chi connectivity index (χ4v) is 2.61. The van der Waals surface area contributed by atoms with Gasteiger partial charge in [0, 0.05) is 6.61 Å². The fourth-order valence-electron chi connectivity index (χ4n) is 2.61. The van der Waals surface area contributed by atoms with Gasteiger partial charge < -0.3 is 5.11 Å². The van der Waals surface area contributed by atoms with Crippen molar-refractivity contribution in [1.29, 1.82) is 0 Å². The Morgan fingerprint density at radius 3 is 1.14 bits per heavy atom. The van der Waals surface area contributed by atoms with E-state index in [4.69, 9.17) is 5.11 Å². The summed E-state index contributed by atoms with van der Waals surface area (Å²) < 4.78 is 0. The molecule has 0 aromatic carbocycles. The van der Waals surface area contributed by atoms with E-state index >= 15 is 0 Å². The van der Waals surface area contributed by atoms with Crippen LogP contribution < -0.4 is 0 Å². The summed E-state index contributed by atoms with van der Waals surface area (Å²) in [4.78, 5) is 0. The summed E-state index contributed by atoms with van der Waals surface area (Å²) in [5, 5.41) is 8.67. The van der Waals surface area contributed by atoms with Gasteiger partial charge in [0.25, 0.3) is 0 Å².